The zero-order valence-corrected chi connectivity index (χ0v) is 15.9. The third-order valence-electron chi connectivity index (χ3n) is 3.38. The summed E-state index contributed by atoms with van der Waals surface area (Å²) in [6.45, 7) is 2.38. The van der Waals surface area contributed by atoms with Crippen LogP contribution in [0.5, 0.6) is 0 Å². The van der Waals surface area contributed by atoms with Crippen LogP contribution >= 0.6 is 23.4 Å². The summed E-state index contributed by atoms with van der Waals surface area (Å²) in [6, 6.07) is 6.88. The highest BCUT2D eigenvalue weighted by molar-refractivity contribution is 7.99. The van der Waals surface area contributed by atoms with Crippen LogP contribution in [0.15, 0.2) is 35.6 Å². The van der Waals surface area contributed by atoms with Crippen LogP contribution in [0.1, 0.15) is 19.0 Å². The van der Waals surface area contributed by atoms with Gasteiger partial charge in [-0.25, -0.2) is 4.98 Å². The van der Waals surface area contributed by atoms with Crippen LogP contribution in [0.3, 0.4) is 0 Å². The summed E-state index contributed by atoms with van der Waals surface area (Å²) in [4.78, 5) is 28.3. The fraction of sp³-hybridized carbons (Fsp3) is 0.353. The van der Waals surface area contributed by atoms with E-state index in [4.69, 9.17) is 11.6 Å². The lowest BCUT2D eigenvalue weighted by Gasteiger charge is -2.11. The van der Waals surface area contributed by atoms with Crippen molar-refractivity contribution in [3.8, 4) is 0 Å². The van der Waals surface area contributed by atoms with E-state index in [-0.39, 0.29) is 30.7 Å². The molecule has 9 heteroatoms. The monoisotopic (exact) mass is 396 g/mol. The minimum atomic E-state index is -0.233. The van der Waals surface area contributed by atoms with Crippen LogP contribution in [0.25, 0.3) is 0 Å². The summed E-state index contributed by atoms with van der Waals surface area (Å²) in [5.74, 6) is -0.261. The van der Waals surface area contributed by atoms with E-state index in [2.05, 4.69) is 15.6 Å². The molecule has 1 aromatic heterocycles. The van der Waals surface area contributed by atoms with Gasteiger partial charge in [0.2, 0.25) is 11.8 Å². The van der Waals surface area contributed by atoms with E-state index < -0.39 is 0 Å². The molecule has 26 heavy (non-hydrogen) atoms. The van der Waals surface area contributed by atoms with E-state index in [1.54, 1.807) is 28.8 Å². The molecular formula is C17H21ClN4O3S. The number of carbonyl (C=O) groups is 2. The molecule has 2 aromatic rings. The second kappa shape index (κ2) is 10.2. The molecule has 0 unspecified atom stereocenters. The topological polar surface area (TPSA) is 96.2 Å². The van der Waals surface area contributed by atoms with Crippen molar-refractivity contribution in [2.24, 2.45) is 0 Å². The van der Waals surface area contributed by atoms with Gasteiger partial charge in [0.15, 0.2) is 5.16 Å². The molecule has 1 heterocycles. The number of hydrogen-bond acceptors (Lipinski definition) is 5. The molecule has 0 aliphatic heterocycles. The van der Waals surface area contributed by atoms with E-state index in [1.165, 1.54) is 18.0 Å². The first-order valence-electron chi connectivity index (χ1n) is 8.13. The summed E-state index contributed by atoms with van der Waals surface area (Å²) >= 11 is 7.09. The number of nitrogens with one attached hydrogen (secondary N) is 2. The van der Waals surface area contributed by atoms with Gasteiger partial charge >= 0.3 is 0 Å². The predicted octanol–water partition coefficient (Wildman–Crippen LogP) is 2.29. The normalized spacial score (nSPS) is 10.6. The van der Waals surface area contributed by atoms with Crippen LogP contribution in [-0.2, 0) is 22.7 Å². The molecule has 2 rings (SSSR count). The van der Waals surface area contributed by atoms with Crippen molar-refractivity contribution in [1.29, 1.82) is 0 Å². The number of carbonyl (C=O) groups excluding carboxylic acids is 2. The third-order valence-corrected chi connectivity index (χ3v) is 4.60. The van der Waals surface area contributed by atoms with Gasteiger partial charge < -0.3 is 20.3 Å². The number of amides is 2. The van der Waals surface area contributed by atoms with Crippen molar-refractivity contribution in [3.63, 3.8) is 0 Å². The standard InChI is InChI=1S/C17H21ClN4O3S/c1-2-6-19-15(24)9-22-14(10-23)8-20-17(22)26-11-16(25)21-13-5-3-4-12(18)7-13/h3-5,7-8,23H,2,6,9-11H2,1H3,(H,19,24)(H,21,25). The Bertz CT molecular complexity index is 766. The van der Waals surface area contributed by atoms with Gasteiger partial charge in [-0.3, -0.25) is 9.59 Å². The van der Waals surface area contributed by atoms with Gasteiger partial charge in [-0.2, -0.15) is 0 Å². The Kier molecular flexibility index (Phi) is 7.96. The van der Waals surface area contributed by atoms with Gasteiger partial charge in [-0.1, -0.05) is 36.4 Å². The third kappa shape index (κ3) is 6.05. The van der Waals surface area contributed by atoms with Crippen molar-refractivity contribution in [1.82, 2.24) is 14.9 Å². The summed E-state index contributed by atoms with van der Waals surface area (Å²) < 4.78 is 1.61. The van der Waals surface area contributed by atoms with Crippen LogP contribution in [-0.4, -0.2) is 38.8 Å². The summed E-state index contributed by atoms with van der Waals surface area (Å²) in [5, 5.41) is 16.0. The highest BCUT2D eigenvalue weighted by Gasteiger charge is 2.15. The molecule has 140 valence electrons. The number of aliphatic hydroxyl groups excluding tert-OH is 1. The molecule has 0 aliphatic carbocycles. The fourth-order valence-corrected chi connectivity index (χ4v) is 3.15. The lowest BCUT2D eigenvalue weighted by Crippen LogP contribution is -2.29. The first-order valence-corrected chi connectivity index (χ1v) is 9.50. The Morgan fingerprint density at radius 2 is 2.15 bits per heavy atom. The molecular weight excluding hydrogens is 376 g/mol. The van der Waals surface area contributed by atoms with E-state index in [1.807, 2.05) is 6.92 Å². The minimum absolute atomic E-state index is 0.0497. The Morgan fingerprint density at radius 3 is 2.85 bits per heavy atom. The number of anilines is 1. The molecule has 0 fully saturated rings. The maximum absolute atomic E-state index is 12.1. The molecule has 1 aromatic carbocycles. The highest BCUT2D eigenvalue weighted by Crippen LogP contribution is 2.20. The van der Waals surface area contributed by atoms with Crippen molar-refractivity contribution in [2.45, 2.75) is 31.7 Å². The largest absolute Gasteiger partial charge is 0.390 e. The molecule has 0 spiro atoms. The Labute approximate surface area is 161 Å². The first kappa shape index (κ1) is 20.3. The quantitative estimate of drug-likeness (QED) is 0.565. The maximum Gasteiger partial charge on any atom is 0.240 e. The van der Waals surface area contributed by atoms with Crippen molar-refractivity contribution in [2.75, 3.05) is 17.6 Å². The van der Waals surface area contributed by atoms with Gasteiger partial charge in [0.05, 0.1) is 24.3 Å². The molecule has 0 aliphatic rings. The number of imidazole rings is 1. The number of benzene rings is 1. The molecule has 0 radical (unpaired) electrons. The minimum Gasteiger partial charge on any atom is -0.390 e. The number of thioether (sulfide) groups is 1. The molecule has 2 amide bonds. The second-order valence-electron chi connectivity index (χ2n) is 5.47. The van der Waals surface area contributed by atoms with Crippen LogP contribution in [0, 0.1) is 0 Å². The number of halogens is 1. The average molecular weight is 397 g/mol. The summed E-state index contributed by atoms with van der Waals surface area (Å²) in [7, 11) is 0. The number of hydrogen-bond donors (Lipinski definition) is 3. The zero-order valence-electron chi connectivity index (χ0n) is 14.4. The molecule has 0 bridgehead atoms. The van der Waals surface area contributed by atoms with Gasteiger partial charge in [-0.15, -0.1) is 0 Å². The first-order chi connectivity index (χ1) is 12.5. The Balaban J connectivity index is 1.97. The SMILES string of the molecule is CCCNC(=O)Cn1c(CO)cnc1SCC(=O)Nc1cccc(Cl)c1. The van der Waals surface area contributed by atoms with Gasteiger partial charge in [-0.05, 0) is 24.6 Å². The smallest absolute Gasteiger partial charge is 0.240 e. The molecule has 0 atom stereocenters. The van der Waals surface area contributed by atoms with Gasteiger partial charge in [0.1, 0.15) is 6.54 Å². The number of nitrogens with zero attached hydrogens (tertiary/aromatic N) is 2. The van der Waals surface area contributed by atoms with Crippen LogP contribution < -0.4 is 10.6 Å². The van der Waals surface area contributed by atoms with Crippen molar-refractivity contribution >= 4 is 40.9 Å². The molecule has 7 nitrogen and oxygen atoms in total. The number of aliphatic hydroxyl groups is 1. The highest BCUT2D eigenvalue weighted by atomic mass is 35.5. The van der Waals surface area contributed by atoms with Crippen LogP contribution in [0.2, 0.25) is 5.02 Å². The average Bonchev–Trinajstić information content (AvgIpc) is 3.00. The Hall–Kier alpha value is -2.03. The lowest BCUT2D eigenvalue weighted by atomic mass is 10.3. The van der Waals surface area contributed by atoms with Gasteiger partial charge in [0.25, 0.3) is 0 Å². The molecule has 0 saturated heterocycles. The fourth-order valence-electron chi connectivity index (χ4n) is 2.16. The summed E-state index contributed by atoms with van der Waals surface area (Å²) in [6.07, 6.45) is 2.35. The predicted molar refractivity (Wildman–Crippen MR) is 102 cm³/mol. The van der Waals surface area contributed by atoms with E-state index in [0.29, 0.717) is 28.1 Å². The molecule has 3 N–H and O–H groups in total. The zero-order chi connectivity index (χ0) is 18.9. The van der Waals surface area contributed by atoms with Gasteiger partial charge in [0, 0.05) is 17.3 Å². The molecule has 0 saturated carbocycles. The van der Waals surface area contributed by atoms with E-state index in [9.17, 15) is 14.7 Å². The number of aromatic nitrogens is 2. The maximum atomic E-state index is 12.1. The lowest BCUT2D eigenvalue weighted by molar-refractivity contribution is -0.121. The second-order valence-corrected chi connectivity index (χ2v) is 6.85. The number of rotatable bonds is 9. The van der Waals surface area contributed by atoms with Crippen molar-refractivity contribution < 1.29 is 14.7 Å². The van der Waals surface area contributed by atoms with E-state index in [0.717, 1.165) is 6.42 Å². The van der Waals surface area contributed by atoms with E-state index >= 15 is 0 Å². The summed E-state index contributed by atoms with van der Waals surface area (Å²) in [5.41, 5.74) is 1.14. The Morgan fingerprint density at radius 1 is 1.35 bits per heavy atom. The van der Waals surface area contributed by atoms with Crippen LogP contribution in [0.4, 0.5) is 5.69 Å². The van der Waals surface area contributed by atoms with Crippen molar-refractivity contribution in [3.05, 3.63) is 41.2 Å².